The van der Waals surface area contributed by atoms with E-state index in [2.05, 4.69) is 16.0 Å². The Morgan fingerprint density at radius 1 is 1.05 bits per heavy atom. The number of nitrogens with two attached hydrogens (primary N) is 1. The highest BCUT2D eigenvalue weighted by Gasteiger charge is 2.11. The lowest BCUT2D eigenvalue weighted by Gasteiger charge is -2.20. The predicted octanol–water partition coefficient (Wildman–Crippen LogP) is 2.85. The van der Waals surface area contributed by atoms with Crippen molar-refractivity contribution >= 4 is 28.4 Å². The second-order valence-electron chi connectivity index (χ2n) is 4.64. The summed E-state index contributed by atoms with van der Waals surface area (Å²) in [6.07, 6.45) is 0. The van der Waals surface area contributed by atoms with Crippen LogP contribution < -0.4 is 10.6 Å². The van der Waals surface area contributed by atoms with Gasteiger partial charge in [0.15, 0.2) is 0 Å². The molecular formula is C16H13N5. The van der Waals surface area contributed by atoms with Gasteiger partial charge in [0.05, 0.1) is 17.1 Å². The first-order chi connectivity index (χ1) is 10.2. The number of benzene rings is 2. The summed E-state index contributed by atoms with van der Waals surface area (Å²) in [6.45, 7) is 0. The van der Waals surface area contributed by atoms with Gasteiger partial charge < -0.3 is 10.6 Å². The Morgan fingerprint density at radius 2 is 1.76 bits per heavy atom. The van der Waals surface area contributed by atoms with Gasteiger partial charge in [0.25, 0.3) is 0 Å². The Bertz CT molecular complexity index is 833. The van der Waals surface area contributed by atoms with Crippen LogP contribution in [0.4, 0.5) is 17.5 Å². The number of rotatable bonds is 2. The van der Waals surface area contributed by atoms with E-state index in [0.717, 1.165) is 22.4 Å². The van der Waals surface area contributed by atoms with Crippen LogP contribution in [0.5, 0.6) is 0 Å². The van der Waals surface area contributed by atoms with E-state index in [0.29, 0.717) is 5.56 Å². The van der Waals surface area contributed by atoms with Crippen LogP contribution in [-0.4, -0.2) is 17.0 Å². The Labute approximate surface area is 122 Å². The molecule has 2 N–H and O–H groups in total. The van der Waals surface area contributed by atoms with Gasteiger partial charge in [0.1, 0.15) is 5.82 Å². The van der Waals surface area contributed by atoms with Gasteiger partial charge in [-0.15, -0.1) is 0 Å². The quantitative estimate of drug-likeness (QED) is 0.778. The molecule has 1 heterocycles. The monoisotopic (exact) mass is 275 g/mol. The third kappa shape index (κ3) is 2.35. The van der Waals surface area contributed by atoms with E-state index in [1.54, 1.807) is 12.1 Å². The fourth-order valence-electron chi connectivity index (χ4n) is 2.21. The highest BCUT2D eigenvalue weighted by molar-refractivity contribution is 5.92. The van der Waals surface area contributed by atoms with Gasteiger partial charge in [-0.2, -0.15) is 10.2 Å². The molecule has 3 rings (SSSR count). The lowest BCUT2D eigenvalue weighted by atomic mass is 10.2. The van der Waals surface area contributed by atoms with Crippen molar-refractivity contribution in [1.29, 1.82) is 5.26 Å². The van der Waals surface area contributed by atoms with Crippen molar-refractivity contribution in [1.82, 2.24) is 9.97 Å². The van der Waals surface area contributed by atoms with Crippen LogP contribution in [-0.2, 0) is 0 Å². The van der Waals surface area contributed by atoms with Crippen LogP contribution in [0.2, 0.25) is 0 Å². The number of anilines is 3. The summed E-state index contributed by atoms with van der Waals surface area (Å²) in [5.41, 5.74) is 8.15. The molecule has 0 saturated carbocycles. The van der Waals surface area contributed by atoms with Crippen molar-refractivity contribution in [2.75, 3.05) is 17.7 Å². The summed E-state index contributed by atoms with van der Waals surface area (Å²) < 4.78 is 0. The van der Waals surface area contributed by atoms with Crippen molar-refractivity contribution in [2.24, 2.45) is 0 Å². The maximum absolute atomic E-state index is 8.86. The molecule has 1 aromatic heterocycles. The van der Waals surface area contributed by atoms with Crippen molar-refractivity contribution < 1.29 is 0 Å². The first kappa shape index (κ1) is 12.9. The molecule has 0 saturated heterocycles. The molecule has 0 spiro atoms. The van der Waals surface area contributed by atoms with Gasteiger partial charge in [-0.05, 0) is 36.4 Å². The van der Waals surface area contributed by atoms with E-state index < -0.39 is 0 Å². The number of hydrogen-bond acceptors (Lipinski definition) is 5. The number of nitrogens with zero attached hydrogens (tertiary/aromatic N) is 4. The maximum atomic E-state index is 8.86. The largest absolute Gasteiger partial charge is 0.368 e. The molecule has 3 aromatic rings. The second-order valence-corrected chi connectivity index (χ2v) is 4.64. The zero-order valence-electron chi connectivity index (χ0n) is 11.5. The van der Waals surface area contributed by atoms with Crippen molar-refractivity contribution in [3.63, 3.8) is 0 Å². The maximum Gasteiger partial charge on any atom is 0.222 e. The van der Waals surface area contributed by atoms with Crippen LogP contribution in [0.25, 0.3) is 10.9 Å². The lowest BCUT2D eigenvalue weighted by Crippen LogP contribution is -2.13. The van der Waals surface area contributed by atoms with Gasteiger partial charge >= 0.3 is 0 Å². The van der Waals surface area contributed by atoms with Gasteiger partial charge in [-0.1, -0.05) is 12.1 Å². The number of aromatic nitrogens is 2. The lowest BCUT2D eigenvalue weighted by molar-refractivity contribution is 1.12. The molecule has 2 aromatic carbocycles. The standard InChI is InChI=1S/C16H13N5/c1-21(12-8-6-11(10-17)7-9-12)15-13-4-2-3-5-14(13)19-16(18)20-15/h2-9H,1H3,(H2,18,19,20). The van der Waals surface area contributed by atoms with E-state index in [1.807, 2.05) is 48.3 Å². The first-order valence-electron chi connectivity index (χ1n) is 6.45. The third-order valence-corrected chi connectivity index (χ3v) is 3.30. The van der Waals surface area contributed by atoms with Crippen molar-refractivity contribution in [3.05, 3.63) is 54.1 Å². The van der Waals surface area contributed by atoms with Crippen LogP contribution in [0.1, 0.15) is 5.56 Å². The van der Waals surface area contributed by atoms with Gasteiger partial charge in [-0.25, -0.2) is 4.98 Å². The van der Waals surface area contributed by atoms with Crippen molar-refractivity contribution in [3.8, 4) is 6.07 Å². The normalized spacial score (nSPS) is 10.3. The van der Waals surface area contributed by atoms with Gasteiger partial charge in [-0.3, -0.25) is 0 Å². The molecular weight excluding hydrogens is 262 g/mol. The van der Waals surface area contributed by atoms with Gasteiger partial charge in [0.2, 0.25) is 5.95 Å². The van der Waals surface area contributed by atoms with Crippen LogP contribution in [0.3, 0.4) is 0 Å². The van der Waals surface area contributed by atoms with Crippen LogP contribution in [0, 0.1) is 11.3 Å². The topological polar surface area (TPSA) is 78.8 Å². The van der Waals surface area contributed by atoms with E-state index in [9.17, 15) is 0 Å². The molecule has 0 radical (unpaired) electrons. The third-order valence-electron chi connectivity index (χ3n) is 3.30. The SMILES string of the molecule is CN(c1ccc(C#N)cc1)c1nc(N)nc2ccccc12. The summed E-state index contributed by atoms with van der Waals surface area (Å²) in [5.74, 6) is 0.979. The minimum Gasteiger partial charge on any atom is -0.368 e. The van der Waals surface area contributed by atoms with Crippen molar-refractivity contribution in [2.45, 2.75) is 0 Å². The zero-order chi connectivity index (χ0) is 14.8. The van der Waals surface area contributed by atoms with Crippen LogP contribution >= 0.6 is 0 Å². The Morgan fingerprint density at radius 3 is 2.48 bits per heavy atom. The fourth-order valence-corrected chi connectivity index (χ4v) is 2.21. The molecule has 0 aliphatic rings. The number of nitrogen functional groups attached to an aromatic ring is 1. The summed E-state index contributed by atoms with van der Waals surface area (Å²) in [7, 11) is 1.91. The Kier molecular flexibility index (Phi) is 3.13. The molecule has 0 amide bonds. The molecule has 5 nitrogen and oxygen atoms in total. The number of para-hydroxylation sites is 1. The Hall–Kier alpha value is -3.13. The smallest absolute Gasteiger partial charge is 0.222 e. The van der Waals surface area contributed by atoms with E-state index in [-0.39, 0.29) is 5.95 Å². The molecule has 0 aliphatic carbocycles. The molecule has 0 unspecified atom stereocenters. The summed E-state index contributed by atoms with van der Waals surface area (Å²) in [6, 6.07) is 17.1. The van der Waals surface area contributed by atoms with E-state index >= 15 is 0 Å². The minimum absolute atomic E-state index is 0.240. The average molecular weight is 275 g/mol. The molecule has 21 heavy (non-hydrogen) atoms. The highest BCUT2D eigenvalue weighted by Crippen LogP contribution is 2.29. The molecule has 0 aliphatic heterocycles. The zero-order valence-corrected chi connectivity index (χ0v) is 11.5. The number of fused-ring (bicyclic) bond motifs is 1. The summed E-state index contributed by atoms with van der Waals surface area (Å²) in [5, 5.41) is 9.79. The molecule has 0 atom stereocenters. The summed E-state index contributed by atoms with van der Waals surface area (Å²) >= 11 is 0. The van der Waals surface area contributed by atoms with Gasteiger partial charge in [0, 0.05) is 18.1 Å². The fraction of sp³-hybridized carbons (Fsp3) is 0.0625. The average Bonchev–Trinajstić information content (AvgIpc) is 2.53. The van der Waals surface area contributed by atoms with E-state index in [1.165, 1.54) is 0 Å². The molecule has 5 heteroatoms. The summed E-state index contributed by atoms with van der Waals surface area (Å²) in [4.78, 5) is 10.5. The molecule has 102 valence electrons. The second kappa shape index (κ2) is 5.10. The Balaban J connectivity index is 2.12. The van der Waals surface area contributed by atoms with E-state index in [4.69, 9.17) is 11.0 Å². The first-order valence-corrected chi connectivity index (χ1v) is 6.45. The number of hydrogen-bond donors (Lipinski definition) is 1. The highest BCUT2D eigenvalue weighted by atomic mass is 15.2. The molecule has 0 bridgehead atoms. The predicted molar refractivity (Wildman–Crippen MR) is 83.2 cm³/mol. The minimum atomic E-state index is 0.240. The van der Waals surface area contributed by atoms with Crippen LogP contribution in [0.15, 0.2) is 48.5 Å². The molecule has 0 fully saturated rings. The number of nitriles is 1.